The Balaban J connectivity index is 2.44. The molecule has 0 bridgehead atoms. The Morgan fingerprint density at radius 1 is 1.22 bits per heavy atom. The normalized spacial score (nSPS) is 11.8. The van der Waals surface area contributed by atoms with E-state index in [4.69, 9.17) is 11.6 Å². The van der Waals surface area contributed by atoms with Gasteiger partial charge in [0, 0.05) is 9.75 Å². The van der Waals surface area contributed by atoms with Crippen LogP contribution in [0.5, 0.6) is 0 Å². The van der Waals surface area contributed by atoms with Gasteiger partial charge in [-0.05, 0) is 30.2 Å². The number of thiophene rings is 1. The van der Waals surface area contributed by atoms with Crippen molar-refractivity contribution in [2.75, 3.05) is 0 Å². The predicted octanol–water partition coefficient (Wildman–Crippen LogP) is 5.65. The zero-order valence-corrected chi connectivity index (χ0v) is 11.1. The maximum Gasteiger partial charge on any atom is 0.416 e. The lowest BCUT2D eigenvalue weighted by atomic mass is 10.1. The van der Waals surface area contributed by atoms with Crippen molar-refractivity contribution in [3.8, 4) is 10.4 Å². The first-order valence-electron chi connectivity index (χ1n) is 5.37. The number of benzene rings is 1. The molecule has 0 amide bonds. The molecule has 0 saturated carbocycles. The van der Waals surface area contributed by atoms with E-state index in [-0.39, 0.29) is 0 Å². The smallest absolute Gasteiger partial charge is 0.166 e. The summed E-state index contributed by atoms with van der Waals surface area (Å²) in [5.41, 5.74) is -0.0843. The van der Waals surface area contributed by atoms with Crippen molar-refractivity contribution in [3.05, 3.63) is 45.8 Å². The Bertz CT molecular complexity index is 558. The first kappa shape index (κ1) is 13.4. The van der Waals surface area contributed by atoms with Crippen LogP contribution in [-0.2, 0) is 12.6 Å². The summed E-state index contributed by atoms with van der Waals surface area (Å²) in [6, 6.07) is 7.02. The van der Waals surface area contributed by atoms with Crippen molar-refractivity contribution < 1.29 is 13.2 Å². The lowest BCUT2D eigenvalue weighted by Crippen LogP contribution is -2.04. The second kappa shape index (κ2) is 4.94. The fraction of sp³-hybridized carbons (Fsp3) is 0.231. The number of rotatable bonds is 2. The molecular weight excluding hydrogens is 281 g/mol. The Morgan fingerprint density at radius 3 is 2.50 bits per heavy atom. The average Bonchev–Trinajstić information content (AvgIpc) is 2.70. The third kappa shape index (κ3) is 2.70. The Labute approximate surface area is 112 Å². The molecule has 18 heavy (non-hydrogen) atoms. The minimum Gasteiger partial charge on any atom is -0.166 e. The Hall–Kier alpha value is -1.00. The summed E-state index contributed by atoms with van der Waals surface area (Å²) in [6.07, 6.45) is -3.53. The van der Waals surface area contributed by atoms with Crippen molar-refractivity contribution in [2.24, 2.45) is 0 Å². The standard InChI is InChI=1S/C13H10ClF3S/c1-2-11-10(14)7-12(18-11)8-4-3-5-9(6-8)13(15,16)17/h3-7H,2H2,1H3. The molecule has 0 N–H and O–H groups in total. The molecule has 2 aromatic rings. The van der Waals surface area contributed by atoms with Crippen molar-refractivity contribution in [2.45, 2.75) is 19.5 Å². The van der Waals surface area contributed by atoms with Gasteiger partial charge in [0.15, 0.2) is 0 Å². The van der Waals surface area contributed by atoms with Crippen LogP contribution in [0.2, 0.25) is 5.02 Å². The highest BCUT2D eigenvalue weighted by Crippen LogP contribution is 2.37. The van der Waals surface area contributed by atoms with Crippen LogP contribution in [0.4, 0.5) is 13.2 Å². The molecule has 0 aliphatic heterocycles. The van der Waals surface area contributed by atoms with Crippen molar-refractivity contribution >= 4 is 22.9 Å². The molecule has 1 aromatic carbocycles. The second-order valence-electron chi connectivity index (χ2n) is 3.81. The number of halogens is 4. The topological polar surface area (TPSA) is 0 Å². The molecule has 0 nitrogen and oxygen atoms in total. The van der Waals surface area contributed by atoms with Crippen LogP contribution < -0.4 is 0 Å². The summed E-state index contributed by atoms with van der Waals surface area (Å²) in [6.45, 7) is 1.97. The molecule has 0 saturated heterocycles. The molecule has 5 heteroatoms. The van der Waals surface area contributed by atoms with E-state index < -0.39 is 11.7 Å². The molecule has 0 aliphatic rings. The van der Waals surface area contributed by atoms with E-state index in [0.717, 1.165) is 28.3 Å². The highest BCUT2D eigenvalue weighted by Gasteiger charge is 2.30. The van der Waals surface area contributed by atoms with Crippen LogP contribution in [-0.4, -0.2) is 0 Å². The van der Waals surface area contributed by atoms with Gasteiger partial charge in [-0.3, -0.25) is 0 Å². The van der Waals surface area contributed by atoms with Crippen molar-refractivity contribution in [3.63, 3.8) is 0 Å². The highest BCUT2D eigenvalue weighted by molar-refractivity contribution is 7.16. The van der Waals surface area contributed by atoms with Crippen LogP contribution >= 0.6 is 22.9 Å². The van der Waals surface area contributed by atoms with Crippen LogP contribution in [0.25, 0.3) is 10.4 Å². The van der Waals surface area contributed by atoms with Crippen LogP contribution in [0.3, 0.4) is 0 Å². The third-order valence-corrected chi connectivity index (χ3v) is 4.33. The molecule has 0 unspecified atom stereocenters. The number of hydrogen-bond acceptors (Lipinski definition) is 1. The van der Waals surface area contributed by atoms with E-state index in [1.54, 1.807) is 12.1 Å². The quantitative estimate of drug-likeness (QED) is 0.670. The van der Waals surface area contributed by atoms with E-state index in [1.807, 2.05) is 6.92 Å². The summed E-state index contributed by atoms with van der Waals surface area (Å²) >= 11 is 7.45. The molecule has 96 valence electrons. The van der Waals surface area contributed by atoms with Gasteiger partial charge in [0.1, 0.15) is 0 Å². The lowest BCUT2D eigenvalue weighted by Gasteiger charge is -2.07. The van der Waals surface area contributed by atoms with Crippen molar-refractivity contribution in [1.29, 1.82) is 0 Å². The lowest BCUT2D eigenvalue weighted by molar-refractivity contribution is -0.137. The Kier molecular flexibility index (Phi) is 3.69. The van der Waals surface area contributed by atoms with Gasteiger partial charge in [0.25, 0.3) is 0 Å². The molecule has 1 aromatic heterocycles. The maximum absolute atomic E-state index is 12.6. The summed E-state index contributed by atoms with van der Waals surface area (Å²) < 4.78 is 37.8. The molecule has 2 rings (SSSR count). The second-order valence-corrected chi connectivity index (χ2v) is 5.36. The van der Waals surface area contributed by atoms with Gasteiger partial charge in [-0.15, -0.1) is 11.3 Å². The minimum absolute atomic E-state index is 0.552. The first-order valence-corrected chi connectivity index (χ1v) is 6.57. The first-order chi connectivity index (χ1) is 8.41. The largest absolute Gasteiger partial charge is 0.416 e. The minimum atomic E-state index is -4.31. The molecule has 0 aliphatic carbocycles. The SMILES string of the molecule is CCc1sc(-c2cccc(C(F)(F)F)c2)cc1Cl. The number of alkyl halides is 3. The van der Waals surface area contributed by atoms with E-state index in [0.29, 0.717) is 10.6 Å². The fourth-order valence-electron chi connectivity index (χ4n) is 1.64. The molecule has 0 spiro atoms. The van der Waals surface area contributed by atoms with Crippen molar-refractivity contribution in [1.82, 2.24) is 0 Å². The van der Waals surface area contributed by atoms with E-state index in [9.17, 15) is 13.2 Å². The van der Waals surface area contributed by atoms with Crippen LogP contribution in [0.15, 0.2) is 30.3 Å². The molecule has 0 radical (unpaired) electrons. The van der Waals surface area contributed by atoms with E-state index >= 15 is 0 Å². The summed E-state index contributed by atoms with van der Waals surface area (Å²) in [7, 11) is 0. The zero-order valence-electron chi connectivity index (χ0n) is 9.51. The van der Waals surface area contributed by atoms with Gasteiger partial charge >= 0.3 is 6.18 Å². The predicted molar refractivity (Wildman–Crippen MR) is 69.1 cm³/mol. The van der Waals surface area contributed by atoms with Gasteiger partial charge in [-0.25, -0.2) is 0 Å². The maximum atomic E-state index is 12.6. The van der Waals surface area contributed by atoms with Crippen LogP contribution in [0.1, 0.15) is 17.4 Å². The van der Waals surface area contributed by atoms with Gasteiger partial charge < -0.3 is 0 Å². The van der Waals surface area contributed by atoms with Gasteiger partial charge in [-0.2, -0.15) is 13.2 Å². The van der Waals surface area contributed by atoms with E-state index in [1.165, 1.54) is 17.4 Å². The molecule has 0 fully saturated rings. The summed E-state index contributed by atoms with van der Waals surface area (Å²) in [4.78, 5) is 1.76. The summed E-state index contributed by atoms with van der Waals surface area (Å²) in [5, 5.41) is 0.620. The van der Waals surface area contributed by atoms with Crippen LogP contribution in [0, 0.1) is 0 Å². The van der Waals surface area contributed by atoms with Gasteiger partial charge in [0.2, 0.25) is 0 Å². The fourth-order valence-corrected chi connectivity index (χ4v) is 3.05. The monoisotopic (exact) mass is 290 g/mol. The average molecular weight is 291 g/mol. The van der Waals surface area contributed by atoms with Gasteiger partial charge in [-0.1, -0.05) is 30.7 Å². The van der Waals surface area contributed by atoms with E-state index in [2.05, 4.69) is 0 Å². The molecule has 0 atom stereocenters. The zero-order chi connectivity index (χ0) is 13.3. The summed E-state index contributed by atoms with van der Waals surface area (Å²) in [5.74, 6) is 0. The Morgan fingerprint density at radius 2 is 1.94 bits per heavy atom. The number of hydrogen-bond donors (Lipinski definition) is 0. The number of aryl methyl sites for hydroxylation is 1. The third-order valence-electron chi connectivity index (χ3n) is 2.55. The van der Waals surface area contributed by atoms with Gasteiger partial charge in [0.05, 0.1) is 10.6 Å². The highest BCUT2D eigenvalue weighted by atomic mass is 35.5. The molecule has 1 heterocycles. The molecular formula is C13H10ClF3S.